The van der Waals surface area contributed by atoms with Crippen molar-refractivity contribution in [3.05, 3.63) is 0 Å². The van der Waals surface area contributed by atoms with E-state index in [1.54, 1.807) is 0 Å². The fourth-order valence-corrected chi connectivity index (χ4v) is 2.69. The van der Waals surface area contributed by atoms with E-state index >= 15 is 0 Å². The Kier molecular flexibility index (Phi) is 4.66. The number of amides is 1. The van der Waals surface area contributed by atoms with E-state index in [1.807, 2.05) is 0 Å². The van der Waals surface area contributed by atoms with Crippen molar-refractivity contribution in [2.75, 3.05) is 19.6 Å². The van der Waals surface area contributed by atoms with Crippen LogP contribution in [0.5, 0.6) is 0 Å². The molecule has 1 N–H and O–H groups in total. The molecule has 1 heterocycles. The molecule has 0 aromatic heterocycles. The Bertz CT molecular complexity index is 280. The van der Waals surface area contributed by atoms with Gasteiger partial charge in [-0.3, -0.25) is 4.79 Å². The van der Waals surface area contributed by atoms with Gasteiger partial charge in [0.05, 0.1) is 0 Å². The Hall–Kier alpha value is -0.570. The van der Waals surface area contributed by atoms with Crippen LogP contribution in [0.2, 0.25) is 0 Å². The molecule has 1 saturated carbocycles. The van der Waals surface area contributed by atoms with E-state index in [-0.39, 0.29) is 5.92 Å². The van der Waals surface area contributed by atoms with Gasteiger partial charge >= 0.3 is 0 Å². The van der Waals surface area contributed by atoms with Crippen molar-refractivity contribution in [2.45, 2.75) is 52.5 Å². The van der Waals surface area contributed by atoms with Gasteiger partial charge in [0.2, 0.25) is 5.91 Å². The van der Waals surface area contributed by atoms with Crippen molar-refractivity contribution >= 4 is 5.91 Å². The topological polar surface area (TPSA) is 32.3 Å². The zero-order valence-corrected chi connectivity index (χ0v) is 12.1. The zero-order chi connectivity index (χ0) is 13.1. The van der Waals surface area contributed by atoms with E-state index in [0.29, 0.717) is 17.9 Å². The molecule has 3 nitrogen and oxygen atoms in total. The molecule has 0 radical (unpaired) electrons. The van der Waals surface area contributed by atoms with Crippen LogP contribution in [-0.2, 0) is 4.79 Å². The van der Waals surface area contributed by atoms with E-state index in [9.17, 15) is 4.79 Å². The van der Waals surface area contributed by atoms with E-state index in [1.165, 1.54) is 25.7 Å². The Morgan fingerprint density at radius 1 is 1.17 bits per heavy atom. The molecular formula is C15H28N2O. The fourth-order valence-electron chi connectivity index (χ4n) is 2.69. The summed E-state index contributed by atoms with van der Waals surface area (Å²) in [5.74, 6) is 1.74. The average molecular weight is 252 g/mol. The van der Waals surface area contributed by atoms with Gasteiger partial charge in [0.15, 0.2) is 0 Å². The van der Waals surface area contributed by atoms with Gasteiger partial charge in [-0.2, -0.15) is 0 Å². The maximum Gasteiger partial charge on any atom is 0.225 e. The third-order valence-corrected chi connectivity index (χ3v) is 4.57. The predicted octanol–water partition coefficient (Wildman–Crippen LogP) is 2.27. The highest BCUT2D eigenvalue weighted by Gasteiger charge is 2.36. The van der Waals surface area contributed by atoms with Gasteiger partial charge < -0.3 is 10.2 Å². The molecule has 1 aliphatic carbocycles. The largest absolute Gasteiger partial charge is 0.339 e. The quantitative estimate of drug-likeness (QED) is 0.814. The van der Waals surface area contributed by atoms with Gasteiger partial charge in [0, 0.05) is 18.5 Å². The SMILES string of the molecule is CC(C)C(C)C(=O)N(CC1CCNCC1)C1CC1. The zero-order valence-electron chi connectivity index (χ0n) is 12.1. The van der Waals surface area contributed by atoms with Crippen molar-refractivity contribution in [3.8, 4) is 0 Å². The Balaban J connectivity index is 1.92. The molecule has 1 unspecified atom stereocenters. The lowest BCUT2D eigenvalue weighted by Crippen LogP contribution is -2.43. The number of hydrogen-bond donors (Lipinski definition) is 1. The number of piperidine rings is 1. The van der Waals surface area contributed by atoms with Crippen LogP contribution in [0.15, 0.2) is 0 Å². The third-order valence-electron chi connectivity index (χ3n) is 4.57. The number of carbonyl (C=O) groups excluding carboxylic acids is 1. The first kappa shape index (κ1) is 13.9. The van der Waals surface area contributed by atoms with Crippen LogP contribution in [0.25, 0.3) is 0 Å². The normalized spacial score (nSPS) is 23.1. The van der Waals surface area contributed by atoms with Crippen LogP contribution in [-0.4, -0.2) is 36.5 Å². The summed E-state index contributed by atoms with van der Waals surface area (Å²) in [7, 11) is 0. The highest BCUT2D eigenvalue weighted by Crippen LogP contribution is 2.31. The molecule has 104 valence electrons. The number of nitrogens with one attached hydrogen (secondary N) is 1. The Labute approximate surface area is 111 Å². The average Bonchev–Trinajstić information content (AvgIpc) is 3.19. The highest BCUT2D eigenvalue weighted by molar-refractivity contribution is 5.79. The van der Waals surface area contributed by atoms with Crippen molar-refractivity contribution in [1.29, 1.82) is 0 Å². The van der Waals surface area contributed by atoms with Crippen molar-refractivity contribution in [1.82, 2.24) is 10.2 Å². The lowest BCUT2D eigenvalue weighted by Gasteiger charge is -2.32. The summed E-state index contributed by atoms with van der Waals surface area (Å²) >= 11 is 0. The van der Waals surface area contributed by atoms with E-state index < -0.39 is 0 Å². The van der Waals surface area contributed by atoms with E-state index in [4.69, 9.17) is 0 Å². The first-order valence-corrected chi connectivity index (χ1v) is 7.60. The maximum absolute atomic E-state index is 12.6. The number of rotatable bonds is 5. The van der Waals surface area contributed by atoms with Crippen LogP contribution in [0, 0.1) is 17.8 Å². The van der Waals surface area contributed by atoms with Gasteiger partial charge in [-0.15, -0.1) is 0 Å². The second-order valence-electron chi connectivity index (χ2n) is 6.45. The first-order chi connectivity index (χ1) is 8.59. The minimum Gasteiger partial charge on any atom is -0.339 e. The highest BCUT2D eigenvalue weighted by atomic mass is 16.2. The van der Waals surface area contributed by atoms with Gasteiger partial charge in [-0.1, -0.05) is 20.8 Å². The number of carbonyl (C=O) groups is 1. The minimum atomic E-state index is 0.173. The van der Waals surface area contributed by atoms with Crippen molar-refractivity contribution < 1.29 is 4.79 Å². The van der Waals surface area contributed by atoms with Gasteiger partial charge in [0.1, 0.15) is 0 Å². The molecule has 0 aromatic rings. The predicted molar refractivity (Wildman–Crippen MR) is 74.3 cm³/mol. The molecule has 0 bridgehead atoms. The van der Waals surface area contributed by atoms with Crippen molar-refractivity contribution in [2.24, 2.45) is 17.8 Å². The molecule has 1 aliphatic heterocycles. The molecule has 0 aromatic carbocycles. The first-order valence-electron chi connectivity index (χ1n) is 7.60. The maximum atomic E-state index is 12.6. The fraction of sp³-hybridized carbons (Fsp3) is 0.933. The summed E-state index contributed by atoms with van der Waals surface area (Å²) < 4.78 is 0. The number of hydrogen-bond acceptors (Lipinski definition) is 2. The summed E-state index contributed by atoms with van der Waals surface area (Å²) in [6.07, 6.45) is 4.90. The molecule has 18 heavy (non-hydrogen) atoms. The summed E-state index contributed by atoms with van der Waals surface area (Å²) in [4.78, 5) is 14.8. The lowest BCUT2D eigenvalue weighted by atomic mass is 9.94. The van der Waals surface area contributed by atoms with Gasteiger partial charge in [-0.05, 0) is 50.6 Å². The second kappa shape index (κ2) is 6.05. The van der Waals surface area contributed by atoms with Gasteiger partial charge in [-0.25, -0.2) is 0 Å². The summed E-state index contributed by atoms with van der Waals surface area (Å²) in [5, 5.41) is 3.40. The smallest absolute Gasteiger partial charge is 0.225 e. The van der Waals surface area contributed by atoms with Crippen molar-refractivity contribution in [3.63, 3.8) is 0 Å². The second-order valence-corrected chi connectivity index (χ2v) is 6.45. The van der Waals surface area contributed by atoms with Crippen LogP contribution in [0.1, 0.15) is 46.5 Å². The van der Waals surface area contributed by atoms with Gasteiger partial charge in [0.25, 0.3) is 0 Å². The van der Waals surface area contributed by atoms with Crippen LogP contribution < -0.4 is 5.32 Å². The minimum absolute atomic E-state index is 0.173. The lowest BCUT2D eigenvalue weighted by molar-refractivity contribution is -0.137. The van der Waals surface area contributed by atoms with Crippen LogP contribution >= 0.6 is 0 Å². The number of nitrogens with zero attached hydrogens (tertiary/aromatic N) is 1. The monoisotopic (exact) mass is 252 g/mol. The van der Waals surface area contributed by atoms with Crippen LogP contribution in [0.4, 0.5) is 0 Å². The van der Waals surface area contributed by atoms with E-state index in [0.717, 1.165) is 25.6 Å². The summed E-state index contributed by atoms with van der Waals surface area (Å²) in [6, 6.07) is 0.564. The van der Waals surface area contributed by atoms with Crippen LogP contribution in [0.3, 0.4) is 0 Å². The molecule has 0 spiro atoms. The molecule has 1 amide bonds. The molecule has 1 atom stereocenters. The molecule has 2 fully saturated rings. The standard InChI is InChI=1S/C15H28N2O/c1-11(2)12(3)15(18)17(14-4-5-14)10-13-6-8-16-9-7-13/h11-14,16H,4-10H2,1-3H3. The molecular weight excluding hydrogens is 224 g/mol. The Morgan fingerprint density at radius 2 is 1.78 bits per heavy atom. The third kappa shape index (κ3) is 3.47. The summed E-state index contributed by atoms with van der Waals surface area (Å²) in [6.45, 7) is 9.64. The van der Waals surface area contributed by atoms with E-state index in [2.05, 4.69) is 31.0 Å². The molecule has 2 aliphatic rings. The molecule has 2 rings (SSSR count). The molecule has 3 heteroatoms. The molecule has 1 saturated heterocycles. The Morgan fingerprint density at radius 3 is 2.28 bits per heavy atom. The summed E-state index contributed by atoms with van der Waals surface area (Å²) in [5.41, 5.74) is 0.